The third-order valence-electron chi connectivity index (χ3n) is 7.43. The van der Waals surface area contributed by atoms with E-state index in [9.17, 15) is 9.18 Å². The first kappa shape index (κ1) is 20.5. The van der Waals surface area contributed by atoms with E-state index in [0.717, 1.165) is 45.4 Å². The maximum absolute atomic E-state index is 13.0. The van der Waals surface area contributed by atoms with Crippen molar-refractivity contribution in [2.24, 2.45) is 0 Å². The normalized spacial score (nSPS) is 22.4. The summed E-state index contributed by atoms with van der Waals surface area (Å²) in [6.07, 6.45) is 4.89. The van der Waals surface area contributed by atoms with E-state index in [0.29, 0.717) is 23.9 Å². The van der Waals surface area contributed by atoms with Gasteiger partial charge in [0.15, 0.2) is 5.78 Å². The molecule has 164 valence electrons. The molecule has 2 aromatic rings. The molecule has 5 rings (SSSR count). The Balaban J connectivity index is 1.11. The fraction of sp³-hybridized carbons (Fsp3) is 0.500. The number of likely N-dealkylation sites (tertiary alicyclic amines) is 1. The van der Waals surface area contributed by atoms with Crippen LogP contribution in [0.4, 0.5) is 15.8 Å². The van der Waals surface area contributed by atoms with E-state index >= 15 is 0 Å². The van der Waals surface area contributed by atoms with E-state index in [4.69, 9.17) is 0 Å². The molecule has 2 aromatic carbocycles. The van der Waals surface area contributed by atoms with Crippen molar-refractivity contribution in [3.05, 3.63) is 59.4 Å². The maximum atomic E-state index is 13.0. The van der Waals surface area contributed by atoms with Gasteiger partial charge >= 0.3 is 0 Å². The molecule has 0 N–H and O–H groups in total. The summed E-state index contributed by atoms with van der Waals surface area (Å²) in [6.45, 7) is 5.69. The summed E-state index contributed by atoms with van der Waals surface area (Å²) in [7, 11) is 2.21. The number of Topliss-reactive ketones (excluding diaryl/α,β-unsaturated/α-hetero) is 1. The number of anilines is 2. The monoisotopic (exact) mass is 421 g/mol. The van der Waals surface area contributed by atoms with Gasteiger partial charge in [0, 0.05) is 57.2 Å². The number of fused-ring (bicyclic) bond motifs is 3. The number of carbonyl (C=O) groups excluding carboxylic acids is 1. The largest absolute Gasteiger partial charge is 0.371 e. The molecule has 31 heavy (non-hydrogen) atoms. The molecule has 0 aromatic heterocycles. The number of halogens is 1. The first-order valence-electron chi connectivity index (χ1n) is 11.7. The fourth-order valence-electron chi connectivity index (χ4n) is 5.76. The third-order valence-corrected chi connectivity index (χ3v) is 7.43. The van der Waals surface area contributed by atoms with Crippen molar-refractivity contribution < 1.29 is 9.18 Å². The Morgan fingerprint density at radius 1 is 1.03 bits per heavy atom. The molecule has 5 heteroatoms. The Bertz CT molecular complexity index is 944. The highest BCUT2D eigenvalue weighted by Gasteiger charge is 2.44. The third kappa shape index (κ3) is 3.96. The summed E-state index contributed by atoms with van der Waals surface area (Å²) in [5.41, 5.74) is 5.06. The highest BCUT2D eigenvalue weighted by Crippen LogP contribution is 2.50. The smallest absolute Gasteiger partial charge is 0.162 e. The SMILES string of the molecule is CN1CCN2c3c(cccc31)C1CN(CCCCCC(=O)c3ccc(F)cc3)CCC12. The van der Waals surface area contributed by atoms with Gasteiger partial charge in [0.25, 0.3) is 0 Å². The summed E-state index contributed by atoms with van der Waals surface area (Å²) in [4.78, 5) is 20.0. The molecule has 0 saturated carbocycles. The van der Waals surface area contributed by atoms with Crippen molar-refractivity contribution in [2.45, 2.75) is 44.1 Å². The van der Waals surface area contributed by atoms with Crippen LogP contribution in [0, 0.1) is 5.82 Å². The number of hydrogen-bond donors (Lipinski definition) is 0. The van der Waals surface area contributed by atoms with Gasteiger partial charge in [-0.1, -0.05) is 18.6 Å². The maximum Gasteiger partial charge on any atom is 0.162 e. The van der Waals surface area contributed by atoms with Gasteiger partial charge in [-0.3, -0.25) is 4.79 Å². The standard InChI is InChI=1S/C26H32FN3O/c1-28-16-17-30-23-13-15-29(18-22(23)21-6-5-7-24(28)26(21)30)14-4-2-3-8-25(31)19-9-11-20(27)12-10-19/h5-7,9-12,22-23H,2-4,8,13-18H2,1H3. The summed E-state index contributed by atoms with van der Waals surface area (Å²) >= 11 is 0. The molecule has 0 bridgehead atoms. The van der Waals surface area contributed by atoms with Crippen LogP contribution in [0.25, 0.3) is 0 Å². The number of unbranched alkanes of at least 4 members (excludes halogenated alkanes) is 2. The van der Waals surface area contributed by atoms with E-state index < -0.39 is 0 Å². The highest BCUT2D eigenvalue weighted by atomic mass is 19.1. The van der Waals surface area contributed by atoms with Crippen LogP contribution in [0.15, 0.2) is 42.5 Å². The Labute approximate surface area is 184 Å². The van der Waals surface area contributed by atoms with Crippen molar-refractivity contribution in [3.8, 4) is 0 Å². The number of hydrogen-bond acceptors (Lipinski definition) is 4. The van der Waals surface area contributed by atoms with Crippen molar-refractivity contribution in [1.29, 1.82) is 0 Å². The second-order valence-electron chi connectivity index (χ2n) is 9.33. The van der Waals surface area contributed by atoms with Crippen LogP contribution >= 0.6 is 0 Å². The lowest BCUT2D eigenvalue weighted by Crippen LogP contribution is -2.49. The number of piperidine rings is 1. The zero-order valence-electron chi connectivity index (χ0n) is 18.4. The predicted octanol–water partition coefficient (Wildman–Crippen LogP) is 4.70. The number of carbonyl (C=O) groups is 1. The molecule has 0 spiro atoms. The molecule has 2 atom stereocenters. The van der Waals surface area contributed by atoms with Gasteiger partial charge in [0.05, 0.1) is 11.4 Å². The Morgan fingerprint density at radius 3 is 2.71 bits per heavy atom. The topological polar surface area (TPSA) is 26.8 Å². The molecule has 1 saturated heterocycles. The van der Waals surface area contributed by atoms with E-state index in [-0.39, 0.29) is 11.6 Å². The zero-order chi connectivity index (χ0) is 21.4. The number of benzene rings is 2. The fourth-order valence-corrected chi connectivity index (χ4v) is 5.76. The van der Waals surface area contributed by atoms with E-state index in [1.807, 2.05) is 0 Å². The molecule has 3 aliphatic rings. The molecular weight excluding hydrogens is 389 g/mol. The van der Waals surface area contributed by atoms with Gasteiger partial charge in [-0.25, -0.2) is 4.39 Å². The van der Waals surface area contributed by atoms with Crippen molar-refractivity contribution in [3.63, 3.8) is 0 Å². The van der Waals surface area contributed by atoms with Crippen LogP contribution in [0.1, 0.15) is 53.9 Å². The molecule has 3 heterocycles. The van der Waals surface area contributed by atoms with E-state index in [2.05, 4.69) is 39.9 Å². The van der Waals surface area contributed by atoms with Crippen molar-refractivity contribution in [1.82, 2.24) is 4.90 Å². The molecule has 4 nitrogen and oxygen atoms in total. The number of para-hydroxylation sites is 1. The first-order valence-corrected chi connectivity index (χ1v) is 11.7. The summed E-state index contributed by atoms with van der Waals surface area (Å²) in [6, 6.07) is 13.4. The van der Waals surface area contributed by atoms with Crippen LogP contribution in [-0.2, 0) is 0 Å². The number of likely N-dealkylation sites (N-methyl/N-ethyl adjacent to an activating group) is 1. The predicted molar refractivity (Wildman–Crippen MR) is 124 cm³/mol. The summed E-state index contributed by atoms with van der Waals surface area (Å²) in [5, 5.41) is 0. The lowest BCUT2D eigenvalue weighted by atomic mass is 9.89. The molecular formula is C26H32FN3O. The quantitative estimate of drug-likeness (QED) is 0.478. The average Bonchev–Trinajstić information content (AvgIpc) is 3.11. The minimum Gasteiger partial charge on any atom is -0.371 e. The van der Waals surface area contributed by atoms with Crippen LogP contribution in [0.3, 0.4) is 0 Å². The second kappa shape index (κ2) is 8.62. The summed E-state index contributed by atoms with van der Waals surface area (Å²) < 4.78 is 13.0. The van der Waals surface area contributed by atoms with E-state index in [1.54, 1.807) is 17.7 Å². The second-order valence-corrected chi connectivity index (χ2v) is 9.33. The minimum atomic E-state index is -0.293. The molecule has 0 aliphatic carbocycles. The zero-order valence-corrected chi connectivity index (χ0v) is 18.4. The van der Waals surface area contributed by atoms with Gasteiger partial charge in [0.2, 0.25) is 0 Å². The van der Waals surface area contributed by atoms with Gasteiger partial charge in [0.1, 0.15) is 5.82 Å². The number of ketones is 1. The minimum absolute atomic E-state index is 0.120. The Morgan fingerprint density at radius 2 is 1.87 bits per heavy atom. The summed E-state index contributed by atoms with van der Waals surface area (Å²) in [5.74, 6) is 0.447. The molecule has 0 radical (unpaired) electrons. The van der Waals surface area contributed by atoms with E-state index in [1.165, 1.54) is 36.5 Å². The molecule has 2 unspecified atom stereocenters. The van der Waals surface area contributed by atoms with Gasteiger partial charge in [-0.15, -0.1) is 0 Å². The van der Waals surface area contributed by atoms with Crippen LogP contribution in [0.2, 0.25) is 0 Å². The van der Waals surface area contributed by atoms with Gasteiger partial charge in [-0.2, -0.15) is 0 Å². The highest BCUT2D eigenvalue weighted by molar-refractivity contribution is 5.95. The Hall–Kier alpha value is -2.40. The van der Waals surface area contributed by atoms with Crippen molar-refractivity contribution >= 4 is 17.2 Å². The van der Waals surface area contributed by atoms with Crippen LogP contribution in [0.5, 0.6) is 0 Å². The first-order chi connectivity index (χ1) is 15.1. The lowest BCUT2D eigenvalue weighted by molar-refractivity contribution is 0.0978. The molecule has 0 amide bonds. The number of nitrogens with zero attached hydrogens (tertiary/aromatic N) is 3. The van der Waals surface area contributed by atoms with Crippen LogP contribution < -0.4 is 9.80 Å². The Kier molecular flexibility index (Phi) is 5.70. The lowest BCUT2D eigenvalue weighted by Gasteiger charge is -2.41. The van der Waals surface area contributed by atoms with Gasteiger partial charge in [-0.05, 0) is 61.7 Å². The van der Waals surface area contributed by atoms with Crippen molar-refractivity contribution in [2.75, 3.05) is 49.6 Å². The number of rotatable bonds is 7. The molecule has 3 aliphatic heterocycles. The average molecular weight is 422 g/mol. The van der Waals surface area contributed by atoms with Gasteiger partial charge < -0.3 is 14.7 Å². The molecule has 1 fully saturated rings. The van der Waals surface area contributed by atoms with Crippen LogP contribution in [-0.4, -0.2) is 56.5 Å².